The maximum atomic E-state index is 12.6. The first-order valence-corrected chi connectivity index (χ1v) is 9.58. The second-order valence-electron chi connectivity index (χ2n) is 6.18. The molecule has 0 unspecified atom stereocenters. The van der Waals surface area contributed by atoms with E-state index in [0.717, 1.165) is 17.5 Å². The molecule has 1 heterocycles. The summed E-state index contributed by atoms with van der Waals surface area (Å²) in [7, 11) is 3.14. The highest BCUT2D eigenvalue weighted by Crippen LogP contribution is 2.40. The van der Waals surface area contributed by atoms with Crippen LogP contribution in [0.15, 0.2) is 23.4 Å². The molecule has 1 aliphatic carbocycles. The van der Waals surface area contributed by atoms with Crippen molar-refractivity contribution in [2.75, 3.05) is 19.5 Å². The summed E-state index contributed by atoms with van der Waals surface area (Å²) >= 11 is 1.43. The van der Waals surface area contributed by atoms with Gasteiger partial charge < -0.3 is 19.4 Å². The molecule has 1 fully saturated rings. The van der Waals surface area contributed by atoms with E-state index < -0.39 is 0 Å². The van der Waals surface area contributed by atoms with Gasteiger partial charge in [-0.2, -0.15) is 0 Å². The topological polar surface area (TPSA) is 78.3 Å². The Kier molecular flexibility index (Phi) is 5.70. The summed E-state index contributed by atoms with van der Waals surface area (Å²) in [6.45, 7) is 4.76. The molecule has 1 atom stereocenters. The molecule has 7 nitrogen and oxygen atoms in total. The Hall–Kier alpha value is -2.22. The second kappa shape index (κ2) is 7.99. The summed E-state index contributed by atoms with van der Waals surface area (Å²) in [6.07, 6.45) is 2.36. The van der Waals surface area contributed by atoms with Crippen LogP contribution in [0.1, 0.15) is 38.4 Å². The van der Waals surface area contributed by atoms with Crippen LogP contribution in [0.3, 0.4) is 0 Å². The van der Waals surface area contributed by atoms with Crippen LogP contribution in [0.2, 0.25) is 0 Å². The molecule has 3 rings (SSSR count). The zero-order valence-electron chi connectivity index (χ0n) is 15.5. The fourth-order valence-corrected chi connectivity index (χ4v) is 3.62. The summed E-state index contributed by atoms with van der Waals surface area (Å²) in [5.41, 5.74) is 0.663. The molecule has 1 aromatic heterocycles. The fraction of sp³-hybridized carbons (Fsp3) is 0.500. The van der Waals surface area contributed by atoms with Crippen molar-refractivity contribution in [2.24, 2.45) is 0 Å². The molecular formula is C18H24N4O3S. The van der Waals surface area contributed by atoms with E-state index in [-0.39, 0.29) is 11.2 Å². The van der Waals surface area contributed by atoms with E-state index in [1.54, 1.807) is 32.4 Å². The molecule has 0 bridgehead atoms. The number of rotatable bonds is 8. The smallest absolute Gasteiger partial charge is 0.237 e. The molecule has 2 aromatic rings. The zero-order chi connectivity index (χ0) is 18.7. The zero-order valence-corrected chi connectivity index (χ0v) is 16.3. The molecule has 0 aliphatic heterocycles. The average Bonchev–Trinajstić information content (AvgIpc) is 3.42. The lowest BCUT2D eigenvalue weighted by molar-refractivity contribution is -0.115. The Morgan fingerprint density at radius 2 is 2.04 bits per heavy atom. The number of benzene rings is 1. The highest BCUT2D eigenvalue weighted by Gasteiger charge is 2.30. The summed E-state index contributed by atoms with van der Waals surface area (Å²) in [4.78, 5) is 12.6. The Morgan fingerprint density at radius 3 is 2.65 bits per heavy atom. The summed E-state index contributed by atoms with van der Waals surface area (Å²) in [5.74, 6) is 2.68. The number of carbonyl (C=O) groups is 1. The molecule has 0 spiro atoms. The van der Waals surface area contributed by atoms with Crippen molar-refractivity contribution >= 4 is 23.4 Å². The van der Waals surface area contributed by atoms with E-state index in [0.29, 0.717) is 23.1 Å². The number of nitrogens with zero attached hydrogens (tertiary/aromatic N) is 3. The largest absolute Gasteiger partial charge is 0.493 e. The minimum atomic E-state index is -0.301. The van der Waals surface area contributed by atoms with Gasteiger partial charge in [0.05, 0.1) is 19.5 Å². The van der Waals surface area contributed by atoms with Crippen molar-refractivity contribution in [1.29, 1.82) is 0 Å². The Morgan fingerprint density at radius 1 is 1.31 bits per heavy atom. The van der Waals surface area contributed by atoms with Crippen molar-refractivity contribution in [1.82, 2.24) is 14.8 Å². The number of hydrogen-bond donors (Lipinski definition) is 1. The number of carbonyl (C=O) groups excluding carboxylic acids is 1. The maximum Gasteiger partial charge on any atom is 0.237 e. The number of ether oxygens (including phenoxy) is 2. The number of hydrogen-bond acceptors (Lipinski definition) is 6. The van der Waals surface area contributed by atoms with Crippen molar-refractivity contribution in [3.63, 3.8) is 0 Å². The second-order valence-corrected chi connectivity index (χ2v) is 7.49. The molecule has 0 saturated heterocycles. The first kappa shape index (κ1) is 18.6. The number of anilines is 1. The van der Waals surface area contributed by atoms with Crippen LogP contribution in [0.5, 0.6) is 11.5 Å². The Labute approximate surface area is 157 Å². The maximum absolute atomic E-state index is 12.6. The number of aromatic nitrogens is 3. The number of amides is 1. The van der Waals surface area contributed by atoms with Crippen LogP contribution in [-0.4, -0.2) is 40.1 Å². The van der Waals surface area contributed by atoms with E-state index in [1.165, 1.54) is 24.6 Å². The molecule has 8 heteroatoms. The number of thioether (sulfide) groups is 1. The Bertz CT molecular complexity index is 789. The van der Waals surface area contributed by atoms with Crippen LogP contribution < -0.4 is 14.8 Å². The summed E-state index contributed by atoms with van der Waals surface area (Å²) in [5, 5.41) is 12.0. The molecule has 1 saturated carbocycles. The molecule has 26 heavy (non-hydrogen) atoms. The van der Waals surface area contributed by atoms with Gasteiger partial charge in [-0.15, -0.1) is 10.2 Å². The lowest BCUT2D eigenvalue weighted by Crippen LogP contribution is -2.23. The normalized spacial score (nSPS) is 14.8. The van der Waals surface area contributed by atoms with Crippen LogP contribution >= 0.6 is 11.8 Å². The van der Waals surface area contributed by atoms with Gasteiger partial charge in [0.15, 0.2) is 16.7 Å². The predicted molar refractivity (Wildman–Crippen MR) is 101 cm³/mol. The minimum Gasteiger partial charge on any atom is -0.493 e. The van der Waals surface area contributed by atoms with Crippen LogP contribution in [-0.2, 0) is 11.3 Å². The third-order valence-corrected chi connectivity index (χ3v) is 5.39. The molecule has 1 aliphatic rings. The molecule has 140 valence electrons. The molecule has 1 N–H and O–H groups in total. The lowest BCUT2D eigenvalue weighted by Gasteiger charge is -2.14. The molecule has 1 amide bonds. The van der Waals surface area contributed by atoms with Gasteiger partial charge in [-0.1, -0.05) is 11.8 Å². The first-order chi connectivity index (χ1) is 12.6. The quantitative estimate of drug-likeness (QED) is 0.712. The summed E-state index contributed by atoms with van der Waals surface area (Å²) < 4.78 is 12.6. The SMILES string of the molecule is CCn1c(S[C@@H](C)C(=O)Nc2ccc(OC)c(OC)c2)nnc1C1CC1. The van der Waals surface area contributed by atoms with E-state index in [9.17, 15) is 4.79 Å². The van der Waals surface area contributed by atoms with Crippen molar-refractivity contribution in [3.8, 4) is 11.5 Å². The van der Waals surface area contributed by atoms with Crippen LogP contribution in [0.25, 0.3) is 0 Å². The van der Waals surface area contributed by atoms with E-state index in [1.807, 2.05) is 6.92 Å². The van der Waals surface area contributed by atoms with Gasteiger partial charge in [0.1, 0.15) is 5.82 Å². The number of methoxy groups -OCH3 is 2. The van der Waals surface area contributed by atoms with Crippen molar-refractivity contribution < 1.29 is 14.3 Å². The highest BCUT2D eigenvalue weighted by atomic mass is 32.2. The molecule has 1 aromatic carbocycles. The average molecular weight is 376 g/mol. The van der Waals surface area contributed by atoms with Gasteiger partial charge in [0.2, 0.25) is 5.91 Å². The van der Waals surface area contributed by atoms with Gasteiger partial charge in [-0.3, -0.25) is 4.79 Å². The van der Waals surface area contributed by atoms with Crippen LogP contribution in [0.4, 0.5) is 5.69 Å². The van der Waals surface area contributed by atoms with E-state index in [2.05, 4.69) is 27.0 Å². The third kappa shape index (κ3) is 3.95. The number of nitrogens with one attached hydrogen (secondary N) is 1. The standard InChI is InChI=1S/C18H24N4O3S/c1-5-22-16(12-6-7-12)20-21-18(22)26-11(2)17(23)19-13-8-9-14(24-3)15(10-13)25-4/h8-12H,5-7H2,1-4H3,(H,19,23)/t11-/m0/s1. The van der Waals surface area contributed by atoms with Gasteiger partial charge in [-0.25, -0.2) is 0 Å². The fourth-order valence-electron chi connectivity index (χ4n) is 2.70. The van der Waals surface area contributed by atoms with Gasteiger partial charge >= 0.3 is 0 Å². The van der Waals surface area contributed by atoms with Crippen LogP contribution in [0, 0.1) is 0 Å². The van der Waals surface area contributed by atoms with Gasteiger partial charge in [0.25, 0.3) is 0 Å². The third-order valence-electron chi connectivity index (χ3n) is 4.31. The first-order valence-electron chi connectivity index (χ1n) is 8.70. The molecular weight excluding hydrogens is 352 g/mol. The molecule has 0 radical (unpaired) electrons. The van der Waals surface area contributed by atoms with Crippen molar-refractivity contribution in [3.05, 3.63) is 24.0 Å². The summed E-state index contributed by atoms with van der Waals surface area (Å²) in [6, 6.07) is 5.30. The highest BCUT2D eigenvalue weighted by molar-refractivity contribution is 8.00. The van der Waals surface area contributed by atoms with E-state index >= 15 is 0 Å². The minimum absolute atomic E-state index is 0.0964. The Balaban J connectivity index is 1.67. The van der Waals surface area contributed by atoms with Crippen molar-refractivity contribution in [2.45, 2.75) is 49.6 Å². The lowest BCUT2D eigenvalue weighted by atomic mass is 10.2. The predicted octanol–water partition coefficient (Wildman–Crippen LogP) is 3.31. The monoisotopic (exact) mass is 376 g/mol. The van der Waals surface area contributed by atoms with Gasteiger partial charge in [0, 0.05) is 24.2 Å². The van der Waals surface area contributed by atoms with E-state index in [4.69, 9.17) is 9.47 Å². The van der Waals surface area contributed by atoms with Gasteiger partial charge in [-0.05, 0) is 38.8 Å².